The Bertz CT molecular complexity index is 464. The van der Waals surface area contributed by atoms with E-state index in [1.54, 1.807) is 0 Å². The van der Waals surface area contributed by atoms with Crippen LogP contribution in [0.5, 0.6) is 11.5 Å². The molecule has 3 heteroatoms. The van der Waals surface area contributed by atoms with Gasteiger partial charge in [0.2, 0.25) is 0 Å². The Labute approximate surface area is 115 Å². The summed E-state index contributed by atoms with van der Waals surface area (Å²) in [5.74, 6) is 2.40. The molecule has 0 bridgehead atoms. The third-order valence-corrected chi connectivity index (χ3v) is 4.21. The number of hydrogen-bond acceptors (Lipinski definition) is 3. The summed E-state index contributed by atoms with van der Waals surface area (Å²) in [6.45, 7) is 9.24. The Morgan fingerprint density at radius 1 is 1.16 bits per heavy atom. The second-order valence-electron chi connectivity index (χ2n) is 6.63. The average Bonchev–Trinajstić information content (AvgIpc) is 2.87. The molecule has 2 aliphatic heterocycles. The zero-order valence-corrected chi connectivity index (χ0v) is 12.0. The molecule has 3 rings (SSSR count). The summed E-state index contributed by atoms with van der Waals surface area (Å²) >= 11 is 0. The first-order chi connectivity index (χ1) is 9.05. The maximum absolute atomic E-state index is 5.84. The maximum Gasteiger partial charge on any atom is 0.164 e. The first kappa shape index (κ1) is 12.8. The standard InChI is InChI=1S/C16H23NO2/c1-16(2,3)14-9-11(10-17-14)12-5-4-6-13-15(12)19-8-7-18-13/h4-6,11,14,17H,7-10H2,1-3H3. The second-order valence-corrected chi connectivity index (χ2v) is 6.63. The van der Waals surface area contributed by atoms with E-state index in [2.05, 4.69) is 38.2 Å². The molecule has 0 spiro atoms. The van der Waals surface area contributed by atoms with Crippen molar-refractivity contribution in [3.63, 3.8) is 0 Å². The summed E-state index contributed by atoms with van der Waals surface area (Å²) in [5.41, 5.74) is 1.61. The van der Waals surface area contributed by atoms with Crippen molar-refractivity contribution >= 4 is 0 Å². The highest BCUT2D eigenvalue weighted by molar-refractivity contribution is 5.49. The third-order valence-electron chi connectivity index (χ3n) is 4.21. The number of ether oxygens (including phenoxy) is 2. The lowest BCUT2D eigenvalue weighted by Gasteiger charge is -2.27. The van der Waals surface area contributed by atoms with Crippen molar-refractivity contribution in [3.8, 4) is 11.5 Å². The topological polar surface area (TPSA) is 30.5 Å². The van der Waals surface area contributed by atoms with Crippen LogP contribution in [0.25, 0.3) is 0 Å². The van der Waals surface area contributed by atoms with Crippen LogP contribution in [0.3, 0.4) is 0 Å². The van der Waals surface area contributed by atoms with Gasteiger partial charge < -0.3 is 14.8 Å². The van der Waals surface area contributed by atoms with Crippen molar-refractivity contribution in [1.29, 1.82) is 0 Å². The molecular weight excluding hydrogens is 238 g/mol. The predicted octanol–water partition coefficient (Wildman–Crippen LogP) is 2.95. The highest BCUT2D eigenvalue weighted by atomic mass is 16.6. The van der Waals surface area contributed by atoms with Gasteiger partial charge in [-0.3, -0.25) is 0 Å². The lowest BCUT2D eigenvalue weighted by molar-refractivity contribution is 0.169. The van der Waals surface area contributed by atoms with E-state index >= 15 is 0 Å². The molecule has 0 radical (unpaired) electrons. The van der Waals surface area contributed by atoms with Crippen molar-refractivity contribution in [2.24, 2.45) is 5.41 Å². The van der Waals surface area contributed by atoms with E-state index in [1.165, 1.54) is 12.0 Å². The molecule has 0 amide bonds. The largest absolute Gasteiger partial charge is 0.486 e. The summed E-state index contributed by atoms with van der Waals surface area (Å²) in [7, 11) is 0. The summed E-state index contributed by atoms with van der Waals surface area (Å²) in [5, 5.41) is 3.66. The van der Waals surface area contributed by atoms with E-state index in [0.717, 1.165) is 18.0 Å². The molecule has 19 heavy (non-hydrogen) atoms. The number of nitrogens with one attached hydrogen (secondary N) is 1. The molecule has 2 aliphatic rings. The first-order valence-electron chi connectivity index (χ1n) is 7.17. The van der Waals surface area contributed by atoms with Gasteiger partial charge in [-0.15, -0.1) is 0 Å². The minimum absolute atomic E-state index is 0.306. The van der Waals surface area contributed by atoms with Crippen LogP contribution in [0, 0.1) is 5.41 Å². The van der Waals surface area contributed by atoms with Gasteiger partial charge in [-0.1, -0.05) is 32.9 Å². The Kier molecular flexibility index (Phi) is 3.17. The van der Waals surface area contributed by atoms with Gasteiger partial charge in [0, 0.05) is 24.1 Å². The van der Waals surface area contributed by atoms with E-state index in [9.17, 15) is 0 Å². The lowest BCUT2D eigenvalue weighted by atomic mass is 9.83. The summed E-state index contributed by atoms with van der Waals surface area (Å²) in [6.07, 6.45) is 1.17. The van der Waals surface area contributed by atoms with Crippen LogP contribution in [0.4, 0.5) is 0 Å². The number of benzene rings is 1. The minimum Gasteiger partial charge on any atom is -0.486 e. The quantitative estimate of drug-likeness (QED) is 0.843. The Hall–Kier alpha value is -1.22. The number of rotatable bonds is 1. The molecule has 2 unspecified atom stereocenters. The van der Waals surface area contributed by atoms with Crippen molar-refractivity contribution < 1.29 is 9.47 Å². The van der Waals surface area contributed by atoms with Crippen LogP contribution in [0.2, 0.25) is 0 Å². The molecule has 0 saturated carbocycles. The number of hydrogen-bond donors (Lipinski definition) is 1. The van der Waals surface area contributed by atoms with E-state index in [1.807, 2.05) is 6.07 Å². The summed E-state index contributed by atoms with van der Waals surface area (Å²) in [6, 6.07) is 6.83. The van der Waals surface area contributed by atoms with Crippen LogP contribution in [0.15, 0.2) is 18.2 Å². The fourth-order valence-corrected chi connectivity index (χ4v) is 3.05. The monoisotopic (exact) mass is 261 g/mol. The molecule has 2 atom stereocenters. The minimum atomic E-state index is 0.306. The summed E-state index contributed by atoms with van der Waals surface area (Å²) in [4.78, 5) is 0. The SMILES string of the molecule is CC(C)(C)C1CC(c2cccc3c2OCCO3)CN1. The molecule has 0 aromatic heterocycles. The number of para-hydroxylation sites is 1. The Morgan fingerprint density at radius 3 is 2.68 bits per heavy atom. The van der Waals surface area contributed by atoms with Gasteiger partial charge in [0.25, 0.3) is 0 Å². The molecule has 0 aliphatic carbocycles. The molecule has 1 saturated heterocycles. The normalized spacial score (nSPS) is 26.5. The van der Waals surface area contributed by atoms with Gasteiger partial charge in [0.05, 0.1) is 0 Å². The van der Waals surface area contributed by atoms with Crippen LogP contribution in [-0.4, -0.2) is 25.8 Å². The fourth-order valence-electron chi connectivity index (χ4n) is 3.05. The van der Waals surface area contributed by atoms with E-state index in [-0.39, 0.29) is 0 Å². The highest BCUT2D eigenvalue weighted by Gasteiger charge is 2.35. The Morgan fingerprint density at radius 2 is 1.95 bits per heavy atom. The molecule has 1 N–H and O–H groups in total. The lowest BCUT2D eigenvalue weighted by Crippen LogP contribution is -2.34. The van der Waals surface area contributed by atoms with Gasteiger partial charge >= 0.3 is 0 Å². The van der Waals surface area contributed by atoms with Crippen molar-refractivity contribution in [3.05, 3.63) is 23.8 Å². The zero-order valence-electron chi connectivity index (χ0n) is 12.0. The molecular formula is C16H23NO2. The van der Waals surface area contributed by atoms with Gasteiger partial charge in [0.1, 0.15) is 13.2 Å². The first-order valence-corrected chi connectivity index (χ1v) is 7.17. The maximum atomic E-state index is 5.84. The van der Waals surface area contributed by atoms with E-state index in [0.29, 0.717) is 30.6 Å². The van der Waals surface area contributed by atoms with Gasteiger partial charge in [-0.25, -0.2) is 0 Å². The van der Waals surface area contributed by atoms with Crippen molar-refractivity contribution in [2.75, 3.05) is 19.8 Å². The average molecular weight is 261 g/mol. The summed E-state index contributed by atoms with van der Waals surface area (Å²) < 4.78 is 11.5. The third kappa shape index (κ3) is 2.44. The smallest absolute Gasteiger partial charge is 0.164 e. The fraction of sp³-hybridized carbons (Fsp3) is 0.625. The highest BCUT2D eigenvalue weighted by Crippen LogP contribution is 2.42. The van der Waals surface area contributed by atoms with Gasteiger partial charge in [-0.2, -0.15) is 0 Å². The van der Waals surface area contributed by atoms with Crippen molar-refractivity contribution in [2.45, 2.75) is 39.2 Å². The molecule has 1 fully saturated rings. The molecule has 104 valence electrons. The van der Waals surface area contributed by atoms with Gasteiger partial charge in [0.15, 0.2) is 11.5 Å². The number of fused-ring (bicyclic) bond motifs is 1. The zero-order chi connectivity index (χ0) is 13.5. The van der Waals surface area contributed by atoms with Crippen LogP contribution in [0.1, 0.15) is 38.7 Å². The van der Waals surface area contributed by atoms with E-state index in [4.69, 9.17) is 9.47 Å². The predicted molar refractivity (Wildman–Crippen MR) is 76.0 cm³/mol. The molecule has 1 aromatic carbocycles. The molecule has 1 aromatic rings. The van der Waals surface area contributed by atoms with Gasteiger partial charge in [-0.05, 0) is 17.9 Å². The van der Waals surface area contributed by atoms with E-state index < -0.39 is 0 Å². The van der Waals surface area contributed by atoms with Crippen molar-refractivity contribution in [1.82, 2.24) is 5.32 Å². The molecule has 3 nitrogen and oxygen atoms in total. The van der Waals surface area contributed by atoms with Crippen LogP contribution in [-0.2, 0) is 0 Å². The Balaban J connectivity index is 1.84. The second kappa shape index (κ2) is 4.71. The van der Waals surface area contributed by atoms with Crippen LogP contribution >= 0.6 is 0 Å². The molecule has 2 heterocycles. The van der Waals surface area contributed by atoms with Crippen LogP contribution < -0.4 is 14.8 Å².